The van der Waals surface area contributed by atoms with Crippen molar-refractivity contribution < 1.29 is 14.7 Å². The molecule has 0 unspecified atom stereocenters. The molecule has 5 heteroatoms. The van der Waals surface area contributed by atoms with Gasteiger partial charge in [-0.1, -0.05) is 0 Å². The lowest BCUT2D eigenvalue weighted by molar-refractivity contribution is -0.131. The molecule has 0 fully saturated rings. The number of aromatic nitrogens is 2. The number of carbonyl (C=O) groups excluding carboxylic acids is 1. The first kappa shape index (κ1) is 10.2. The fourth-order valence-corrected chi connectivity index (χ4v) is 1.07. The van der Waals surface area contributed by atoms with E-state index in [1.165, 1.54) is 0 Å². The summed E-state index contributed by atoms with van der Waals surface area (Å²) in [6, 6.07) is 1.74. The maximum absolute atomic E-state index is 11.3. The van der Waals surface area contributed by atoms with Crippen LogP contribution in [0.2, 0.25) is 0 Å². The van der Waals surface area contributed by atoms with Crippen LogP contribution in [0.25, 0.3) is 0 Å². The zero-order valence-electron chi connectivity index (χ0n) is 7.89. The Hall–Kier alpha value is -1.91. The van der Waals surface area contributed by atoms with Crippen molar-refractivity contribution >= 4 is 11.9 Å². The first-order chi connectivity index (χ1) is 6.50. The van der Waals surface area contributed by atoms with Crippen molar-refractivity contribution in [3.63, 3.8) is 0 Å². The van der Waals surface area contributed by atoms with Crippen LogP contribution in [-0.2, 0) is 4.79 Å². The number of hydrogen-bond donors (Lipinski definition) is 1. The van der Waals surface area contributed by atoms with E-state index in [0.29, 0.717) is 5.69 Å². The Balaban J connectivity index is 2.90. The molecule has 0 saturated carbocycles. The van der Waals surface area contributed by atoms with Crippen molar-refractivity contribution in [3.05, 3.63) is 29.6 Å². The van der Waals surface area contributed by atoms with Gasteiger partial charge in [-0.05, 0) is 19.9 Å². The summed E-state index contributed by atoms with van der Waals surface area (Å²) in [4.78, 5) is 21.5. The summed E-state index contributed by atoms with van der Waals surface area (Å²) < 4.78 is 1.16. The van der Waals surface area contributed by atoms with Crippen molar-refractivity contribution in [3.8, 4) is 0 Å². The van der Waals surface area contributed by atoms with Crippen molar-refractivity contribution in [2.24, 2.45) is 0 Å². The maximum atomic E-state index is 11.3. The molecule has 0 spiro atoms. The van der Waals surface area contributed by atoms with Gasteiger partial charge in [0.2, 0.25) is 0 Å². The van der Waals surface area contributed by atoms with Gasteiger partial charge in [0.05, 0.1) is 5.69 Å². The van der Waals surface area contributed by atoms with E-state index in [4.69, 9.17) is 5.11 Å². The van der Waals surface area contributed by atoms with E-state index in [1.807, 2.05) is 0 Å². The summed E-state index contributed by atoms with van der Waals surface area (Å²) in [6.45, 7) is 3.49. The second-order valence-corrected chi connectivity index (χ2v) is 2.85. The molecule has 5 nitrogen and oxygen atoms in total. The highest BCUT2D eigenvalue weighted by atomic mass is 16.4. The number of allylic oxidation sites excluding steroid dienone is 1. The lowest BCUT2D eigenvalue weighted by Crippen LogP contribution is -2.11. The second kappa shape index (κ2) is 3.87. The Morgan fingerprint density at radius 1 is 1.43 bits per heavy atom. The molecule has 1 aromatic heterocycles. The Bertz CT molecular complexity index is 404. The minimum atomic E-state index is -1.15. The standard InChI is InChI=1S/C9H10N2O3/c1-6-5-7(2)11(10-6)8(12)3-4-9(13)14/h3-5H,1-2H3,(H,13,14)/b4-3+. The van der Waals surface area contributed by atoms with Crippen LogP contribution < -0.4 is 0 Å². The summed E-state index contributed by atoms with van der Waals surface area (Å²) in [5.41, 5.74) is 1.40. The summed E-state index contributed by atoms with van der Waals surface area (Å²) in [6.07, 6.45) is 1.76. The molecular weight excluding hydrogens is 184 g/mol. The monoisotopic (exact) mass is 194 g/mol. The van der Waals surface area contributed by atoms with Crippen LogP contribution in [0.1, 0.15) is 16.2 Å². The van der Waals surface area contributed by atoms with Crippen molar-refractivity contribution in [2.75, 3.05) is 0 Å². The Labute approximate surface area is 80.7 Å². The Morgan fingerprint density at radius 3 is 2.50 bits per heavy atom. The molecule has 0 aromatic carbocycles. The molecule has 1 aromatic rings. The van der Waals surface area contributed by atoms with Crippen LogP contribution in [0.15, 0.2) is 18.2 Å². The van der Waals surface area contributed by atoms with Gasteiger partial charge < -0.3 is 5.11 Å². The molecular formula is C9H10N2O3. The molecule has 14 heavy (non-hydrogen) atoms. The maximum Gasteiger partial charge on any atom is 0.328 e. The van der Waals surface area contributed by atoms with Gasteiger partial charge in [-0.2, -0.15) is 5.10 Å². The zero-order chi connectivity index (χ0) is 10.7. The highest BCUT2D eigenvalue weighted by Gasteiger charge is 2.06. The zero-order valence-corrected chi connectivity index (χ0v) is 7.89. The summed E-state index contributed by atoms with van der Waals surface area (Å²) >= 11 is 0. The fraction of sp³-hybridized carbons (Fsp3) is 0.222. The second-order valence-electron chi connectivity index (χ2n) is 2.85. The number of aryl methyl sites for hydroxylation is 2. The lowest BCUT2D eigenvalue weighted by Gasteiger charge is -1.96. The number of rotatable bonds is 2. The largest absolute Gasteiger partial charge is 0.478 e. The number of carboxylic acids is 1. The minimum absolute atomic E-state index is 0.460. The number of hydrogen-bond acceptors (Lipinski definition) is 3. The molecule has 1 N–H and O–H groups in total. The molecule has 0 saturated heterocycles. The Morgan fingerprint density at radius 2 is 2.07 bits per heavy atom. The smallest absolute Gasteiger partial charge is 0.328 e. The highest BCUT2D eigenvalue weighted by molar-refractivity contribution is 5.95. The van der Waals surface area contributed by atoms with Gasteiger partial charge in [-0.15, -0.1) is 0 Å². The normalized spacial score (nSPS) is 10.7. The van der Waals surface area contributed by atoms with E-state index in [-0.39, 0.29) is 0 Å². The van der Waals surface area contributed by atoms with Crippen LogP contribution in [0.4, 0.5) is 0 Å². The van der Waals surface area contributed by atoms with Crippen LogP contribution >= 0.6 is 0 Å². The SMILES string of the molecule is Cc1cc(C)n(C(=O)/C=C/C(=O)O)n1. The van der Waals surface area contributed by atoms with E-state index < -0.39 is 11.9 Å². The molecule has 0 aliphatic heterocycles. The van der Waals surface area contributed by atoms with Crippen molar-refractivity contribution in [1.82, 2.24) is 9.78 Å². The molecule has 1 rings (SSSR count). The van der Waals surface area contributed by atoms with Gasteiger partial charge in [0.1, 0.15) is 0 Å². The lowest BCUT2D eigenvalue weighted by atomic mass is 10.4. The Kier molecular flexibility index (Phi) is 2.81. The molecule has 1 heterocycles. The molecule has 0 radical (unpaired) electrons. The van der Waals surface area contributed by atoms with Crippen molar-refractivity contribution in [1.29, 1.82) is 0 Å². The van der Waals surface area contributed by atoms with Gasteiger partial charge in [0.25, 0.3) is 5.91 Å². The van der Waals surface area contributed by atoms with E-state index >= 15 is 0 Å². The molecule has 74 valence electrons. The first-order valence-electron chi connectivity index (χ1n) is 3.99. The van der Waals surface area contributed by atoms with Crippen LogP contribution in [-0.4, -0.2) is 26.8 Å². The summed E-state index contributed by atoms with van der Waals surface area (Å²) in [5.74, 6) is -1.61. The third-order valence-electron chi connectivity index (χ3n) is 1.59. The molecule has 0 amide bonds. The predicted molar refractivity (Wildman–Crippen MR) is 49.1 cm³/mol. The number of carbonyl (C=O) groups is 2. The van der Waals surface area contributed by atoms with Gasteiger partial charge in [0.15, 0.2) is 0 Å². The van der Waals surface area contributed by atoms with Crippen molar-refractivity contribution in [2.45, 2.75) is 13.8 Å². The van der Waals surface area contributed by atoms with Gasteiger partial charge in [-0.3, -0.25) is 4.79 Å². The van der Waals surface area contributed by atoms with E-state index in [0.717, 1.165) is 22.5 Å². The quantitative estimate of drug-likeness (QED) is 0.706. The summed E-state index contributed by atoms with van der Waals surface area (Å²) in [5, 5.41) is 12.2. The minimum Gasteiger partial charge on any atom is -0.478 e. The third-order valence-corrected chi connectivity index (χ3v) is 1.59. The van der Waals surface area contributed by atoms with Crippen LogP contribution in [0, 0.1) is 13.8 Å². The molecule has 0 aliphatic rings. The van der Waals surface area contributed by atoms with E-state index in [9.17, 15) is 9.59 Å². The van der Waals surface area contributed by atoms with Gasteiger partial charge >= 0.3 is 5.97 Å². The number of nitrogens with zero attached hydrogens (tertiary/aromatic N) is 2. The topological polar surface area (TPSA) is 72.2 Å². The highest BCUT2D eigenvalue weighted by Crippen LogP contribution is 2.01. The van der Waals surface area contributed by atoms with E-state index in [2.05, 4.69) is 5.10 Å². The van der Waals surface area contributed by atoms with Gasteiger partial charge in [0, 0.05) is 17.8 Å². The molecule has 0 bridgehead atoms. The average molecular weight is 194 g/mol. The van der Waals surface area contributed by atoms with Crippen LogP contribution in [0.5, 0.6) is 0 Å². The van der Waals surface area contributed by atoms with E-state index in [1.54, 1.807) is 19.9 Å². The number of aliphatic carboxylic acids is 1. The predicted octanol–water partition coefficient (Wildman–Crippen LogP) is 0.781. The van der Waals surface area contributed by atoms with Gasteiger partial charge in [-0.25, -0.2) is 9.48 Å². The van der Waals surface area contributed by atoms with Crippen LogP contribution in [0.3, 0.4) is 0 Å². The third kappa shape index (κ3) is 2.29. The fourth-order valence-electron chi connectivity index (χ4n) is 1.07. The average Bonchev–Trinajstić information content (AvgIpc) is 2.41. The molecule has 0 atom stereocenters. The number of carboxylic acid groups (broad SMARTS) is 1. The summed E-state index contributed by atoms with van der Waals surface area (Å²) in [7, 11) is 0. The first-order valence-corrected chi connectivity index (χ1v) is 3.99. The molecule has 0 aliphatic carbocycles.